The van der Waals surface area contributed by atoms with Crippen LogP contribution < -0.4 is 0 Å². The number of aromatic nitrogens is 1. The standard InChI is InChI=1S/C27H37N3O4S/c1-18-16-19(2)24(20(3)17-18)9-10-25-26(22(5)28-34-25)35(32,33)29-14-11-23(12-15-29)27(31)30-13-7-6-8-21(30)4/h9-10,16-17,21,23H,6-8,11-15H2,1-5H3/b10-9+/t21-/m1/s1. The zero-order valence-corrected chi connectivity index (χ0v) is 22.3. The Kier molecular flexibility index (Phi) is 7.52. The normalized spacial score (nSPS) is 20.6. The maximum atomic E-state index is 13.6. The molecular weight excluding hydrogens is 462 g/mol. The van der Waals surface area contributed by atoms with E-state index in [4.69, 9.17) is 4.52 Å². The number of amides is 1. The van der Waals surface area contributed by atoms with Gasteiger partial charge in [-0.15, -0.1) is 0 Å². The maximum absolute atomic E-state index is 13.6. The van der Waals surface area contributed by atoms with Crippen molar-refractivity contribution in [2.24, 2.45) is 5.92 Å². The smallest absolute Gasteiger partial charge is 0.248 e. The molecular formula is C27H37N3O4S. The van der Waals surface area contributed by atoms with Crippen LogP contribution in [-0.2, 0) is 14.8 Å². The summed E-state index contributed by atoms with van der Waals surface area (Å²) in [7, 11) is -3.80. The van der Waals surface area contributed by atoms with Crippen LogP contribution in [-0.4, -0.2) is 54.4 Å². The second kappa shape index (κ2) is 10.3. The zero-order chi connectivity index (χ0) is 25.3. The van der Waals surface area contributed by atoms with Crippen molar-refractivity contribution in [3.8, 4) is 0 Å². The third-order valence-electron chi connectivity index (χ3n) is 7.46. The van der Waals surface area contributed by atoms with Gasteiger partial charge in [0.2, 0.25) is 15.9 Å². The molecule has 0 unspecified atom stereocenters. The Bertz CT molecular complexity index is 1200. The first-order chi connectivity index (χ1) is 16.6. The summed E-state index contributed by atoms with van der Waals surface area (Å²) in [5.41, 5.74) is 4.82. The molecule has 190 valence electrons. The number of piperidine rings is 2. The minimum Gasteiger partial charge on any atom is -0.355 e. The van der Waals surface area contributed by atoms with Gasteiger partial charge in [-0.3, -0.25) is 4.79 Å². The van der Waals surface area contributed by atoms with Crippen LogP contribution in [0, 0.1) is 33.6 Å². The monoisotopic (exact) mass is 499 g/mol. The quantitative estimate of drug-likeness (QED) is 0.585. The molecule has 1 amide bonds. The van der Waals surface area contributed by atoms with Gasteiger partial charge in [0.05, 0.1) is 0 Å². The van der Waals surface area contributed by atoms with Crippen LogP contribution in [0.2, 0.25) is 0 Å². The molecule has 8 heteroatoms. The third kappa shape index (κ3) is 5.23. The molecule has 3 heterocycles. The molecule has 2 aromatic rings. The number of carbonyl (C=O) groups excluding carboxylic acids is 1. The molecule has 2 fully saturated rings. The molecule has 0 saturated carbocycles. The van der Waals surface area contributed by atoms with Crippen LogP contribution in [0.5, 0.6) is 0 Å². The van der Waals surface area contributed by atoms with Crippen LogP contribution >= 0.6 is 0 Å². The number of aryl methyl sites for hydroxylation is 4. The number of hydrogen-bond donors (Lipinski definition) is 0. The fourth-order valence-electron chi connectivity index (χ4n) is 5.54. The Hall–Kier alpha value is -2.45. The summed E-state index contributed by atoms with van der Waals surface area (Å²) in [6, 6.07) is 4.48. The zero-order valence-electron chi connectivity index (χ0n) is 21.5. The molecule has 1 aromatic heterocycles. The average Bonchev–Trinajstić information content (AvgIpc) is 3.19. The molecule has 0 bridgehead atoms. The van der Waals surface area contributed by atoms with E-state index in [0.29, 0.717) is 31.6 Å². The highest BCUT2D eigenvalue weighted by Crippen LogP contribution is 2.31. The molecule has 0 spiro atoms. The largest absolute Gasteiger partial charge is 0.355 e. The number of hydrogen-bond acceptors (Lipinski definition) is 5. The number of sulfonamides is 1. The van der Waals surface area contributed by atoms with Gasteiger partial charge >= 0.3 is 0 Å². The van der Waals surface area contributed by atoms with Gasteiger partial charge in [-0.25, -0.2) is 8.42 Å². The van der Waals surface area contributed by atoms with E-state index in [-0.39, 0.29) is 28.5 Å². The highest BCUT2D eigenvalue weighted by molar-refractivity contribution is 7.89. The first kappa shape index (κ1) is 25.6. The van der Waals surface area contributed by atoms with Crippen molar-refractivity contribution in [2.75, 3.05) is 19.6 Å². The van der Waals surface area contributed by atoms with E-state index in [2.05, 4.69) is 31.1 Å². The summed E-state index contributed by atoms with van der Waals surface area (Å²) in [4.78, 5) is 15.2. The lowest BCUT2D eigenvalue weighted by Gasteiger charge is -2.38. The topological polar surface area (TPSA) is 83.7 Å². The Morgan fingerprint density at radius 3 is 2.29 bits per heavy atom. The highest BCUT2D eigenvalue weighted by atomic mass is 32.2. The van der Waals surface area contributed by atoms with Crippen LogP contribution in [0.25, 0.3) is 12.2 Å². The van der Waals surface area contributed by atoms with Gasteiger partial charge in [0, 0.05) is 31.6 Å². The lowest BCUT2D eigenvalue weighted by Crippen LogP contribution is -2.48. The SMILES string of the molecule is Cc1cc(C)c(/C=C/c2onc(C)c2S(=O)(=O)N2CCC(C(=O)N3CCCC[C@H]3C)CC2)c(C)c1. The van der Waals surface area contributed by atoms with Crippen LogP contribution in [0.15, 0.2) is 21.6 Å². The third-order valence-corrected chi connectivity index (χ3v) is 9.52. The van der Waals surface area contributed by atoms with Crippen molar-refractivity contribution in [1.82, 2.24) is 14.4 Å². The van der Waals surface area contributed by atoms with Gasteiger partial charge in [0.1, 0.15) is 5.69 Å². The Balaban J connectivity index is 1.50. The number of rotatable bonds is 5. The minimum atomic E-state index is -3.80. The summed E-state index contributed by atoms with van der Waals surface area (Å²) in [6.45, 7) is 11.4. The number of benzene rings is 1. The first-order valence-electron chi connectivity index (χ1n) is 12.6. The Morgan fingerprint density at radius 1 is 1.00 bits per heavy atom. The summed E-state index contributed by atoms with van der Waals surface area (Å²) < 4.78 is 34.1. The molecule has 0 radical (unpaired) electrons. The van der Waals surface area contributed by atoms with Crippen molar-refractivity contribution in [1.29, 1.82) is 0 Å². The van der Waals surface area contributed by atoms with E-state index < -0.39 is 10.0 Å². The van der Waals surface area contributed by atoms with Crippen LogP contribution in [0.3, 0.4) is 0 Å². The van der Waals surface area contributed by atoms with E-state index in [1.54, 1.807) is 13.0 Å². The first-order valence-corrected chi connectivity index (χ1v) is 14.1. The minimum absolute atomic E-state index is 0.113. The number of likely N-dealkylation sites (tertiary alicyclic amines) is 1. The predicted octanol–water partition coefficient (Wildman–Crippen LogP) is 4.88. The number of carbonyl (C=O) groups is 1. The summed E-state index contributed by atoms with van der Waals surface area (Å²) in [5, 5.41) is 3.97. The molecule has 35 heavy (non-hydrogen) atoms. The van der Waals surface area contributed by atoms with Gasteiger partial charge in [-0.1, -0.05) is 28.9 Å². The fraction of sp³-hybridized carbons (Fsp3) is 0.556. The molecule has 1 aromatic carbocycles. The Labute approximate surface area is 209 Å². The van der Waals surface area contributed by atoms with Gasteiger partial charge in [0.15, 0.2) is 10.7 Å². The van der Waals surface area contributed by atoms with Crippen LogP contribution in [0.4, 0.5) is 0 Å². The molecule has 1 atom stereocenters. The van der Waals surface area contributed by atoms with E-state index in [9.17, 15) is 13.2 Å². The van der Waals surface area contributed by atoms with Crippen molar-refractivity contribution < 1.29 is 17.7 Å². The molecule has 7 nitrogen and oxygen atoms in total. The van der Waals surface area contributed by atoms with E-state index in [0.717, 1.165) is 36.1 Å². The van der Waals surface area contributed by atoms with Gasteiger partial charge < -0.3 is 9.42 Å². The van der Waals surface area contributed by atoms with E-state index in [1.807, 2.05) is 24.8 Å². The second-order valence-corrected chi connectivity index (χ2v) is 12.0. The molecule has 4 rings (SSSR count). The summed E-state index contributed by atoms with van der Waals surface area (Å²) in [5.74, 6) is 0.308. The predicted molar refractivity (Wildman–Crippen MR) is 137 cm³/mol. The van der Waals surface area contributed by atoms with Gasteiger partial charge in [-0.05, 0) is 89.5 Å². The van der Waals surface area contributed by atoms with E-state index in [1.165, 1.54) is 16.3 Å². The van der Waals surface area contributed by atoms with Gasteiger partial charge in [-0.2, -0.15) is 4.31 Å². The van der Waals surface area contributed by atoms with Crippen molar-refractivity contribution in [3.05, 3.63) is 45.8 Å². The molecule has 2 saturated heterocycles. The van der Waals surface area contributed by atoms with Crippen molar-refractivity contribution >= 4 is 28.1 Å². The number of nitrogens with zero attached hydrogens (tertiary/aromatic N) is 3. The Morgan fingerprint density at radius 2 is 1.66 bits per heavy atom. The molecule has 2 aliphatic rings. The summed E-state index contributed by atoms with van der Waals surface area (Å²) >= 11 is 0. The molecule has 0 aliphatic carbocycles. The lowest BCUT2D eigenvalue weighted by atomic mass is 9.94. The summed E-state index contributed by atoms with van der Waals surface area (Å²) in [6.07, 6.45) is 7.94. The molecule has 2 aliphatic heterocycles. The maximum Gasteiger partial charge on any atom is 0.248 e. The fourth-order valence-corrected chi connectivity index (χ4v) is 7.26. The average molecular weight is 500 g/mol. The van der Waals surface area contributed by atoms with Gasteiger partial charge in [0.25, 0.3) is 0 Å². The van der Waals surface area contributed by atoms with Crippen molar-refractivity contribution in [2.45, 2.75) is 77.7 Å². The second-order valence-electron chi connectivity index (χ2n) is 10.2. The van der Waals surface area contributed by atoms with Crippen LogP contribution in [0.1, 0.15) is 72.7 Å². The van der Waals surface area contributed by atoms with E-state index >= 15 is 0 Å². The highest BCUT2D eigenvalue weighted by Gasteiger charge is 2.37. The van der Waals surface area contributed by atoms with Crippen molar-refractivity contribution in [3.63, 3.8) is 0 Å². The molecule has 0 N–H and O–H groups in total. The lowest BCUT2D eigenvalue weighted by molar-refractivity contribution is -0.140.